The molecule has 0 radical (unpaired) electrons. The smallest absolute Gasteiger partial charge is 0.342 e. The number of carbonyl (C=O) groups excluding carboxylic acids is 1. The van der Waals surface area contributed by atoms with Crippen LogP contribution in [0, 0.1) is 0 Å². The molecule has 1 aromatic rings. The molecule has 19 heavy (non-hydrogen) atoms. The van der Waals surface area contributed by atoms with Gasteiger partial charge in [-0.2, -0.15) is 0 Å². The van der Waals surface area contributed by atoms with Gasteiger partial charge in [0.1, 0.15) is 29.8 Å². The van der Waals surface area contributed by atoms with Crippen molar-refractivity contribution in [3.05, 3.63) is 23.8 Å². The van der Waals surface area contributed by atoms with E-state index in [0.717, 1.165) is 0 Å². The number of ether oxygens (including phenoxy) is 4. The molecule has 0 saturated carbocycles. The Hall–Kier alpha value is -1.75. The predicted molar refractivity (Wildman–Crippen MR) is 68.8 cm³/mol. The Labute approximate surface area is 112 Å². The third-order valence-electron chi connectivity index (χ3n) is 2.58. The van der Waals surface area contributed by atoms with Crippen LogP contribution in [0.25, 0.3) is 0 Å². The van der Waals surface area contributed by atoms with E-state index < -0.39 is 5.97 Å². The summed E-state index contributed by atoms with van der Waals surface area (Å²) in [6, 6.07) is 5.14. The summed E-state index contributed by atoms with van der Waals surface area (Å²) in [5, 5.41) is 0. The van der Waals surface area contributed by atoms with E-state index in [1.807, 2.05) is 6.92 Å². The highest BCUT2D eigenvalue weighted by atomic mass is 16.6. The van der Waals surface area contributed by atoms with Crippen molar-refractivity contribution >= 4 is 5.97 Å². The lowest BCUT2D eigenvalue weighted by molar-refractivity contribution is 0.0520. The molecule has 104 valence electrons. The molecule has 1 unspecified atom stereocenters. The van der Waals surface area contributed by atoms with Crippen molar-refractivity contribution in [1.82, 2.24) is 0 Å². The van der Waals surface area contributed by atoms with Crippen LogP contribution in [0.15, 0.2) is 18.2 Å². The van der Waals surface area contributed by atoms with E-state index in [2.05, 4.69) is 0 Å². The van der Waals surface area contributed by atoms with Gasteiger partial charge in [-0.25, -0.2) is 4.79 Å². The Bertz CT molecular complexity index is 439. The molecule has 1 atom stereocenters. The van der Waals surface area contributed by atoms with Crippen LogP contribution in [0.2, 0.25) is 0 Å². The van der Waals surface area contributed by atoms with Crippen molar-refractivity contribution in [3.63, 3.8) is 0 Å². The highest BCUT2D eigenvalue weighted by molar-refractivity contribution is 5.93. The molecule has 0 aromatic heterocycles. The molecule has 0 aliphatic carbocycles. The fourth-order valence-electron chi connectivity index (χ4n) is 1.61. The van der Waals surface area contributed by atoms with E-state index in [9.17, 15) is 4.79 Å². The average molecular weight is 266 g/mol. The Kier molecular flexibility index (Phi) is 4.63. The summed E-state index contributed by atoms with van der Waals surface area (Å²) < 4.78 is 21.1. The number of rotatable bonds is 7. The Balaban J connectivity index is 2.15. The molecular formula is C14H18O5. The number of esters is 1. The van der Waals surface area contributed by atoms with Crippen LogP contribution < -0.4 is 9.47 Å². The monoisotopic (exact) mass is 266 g/mol. The van der Waals surface area contributed by atoms with E-state index in [1.165, 1.54) is 0 Å². The Morgan fingerprint density at radius 1 is 1.32 bits per heavy atom. The SMILES string of the molecule is CCOC(=O)c1cc(OCC)ccc1OCC1CO1. The number of epoxide rings is 1. The van der Waals surface area contributed by atoms with Gasteiger partial charge in [0, 0.05) is 0 Å². The summed E-state index contributed by atoms with van der Waals surface area (Å²) in [6.45, 7) is 5.68. The average Bonchev–Trinajstić information content (AvgIpc) is 3.22. The normalized spacial score (nSPS) is 16.8. The zero-order chi connectivity index (χ0) is 13.7. The molecule has 2 rings (SSSR count). The molecule has 0 N–H and O–H groups in total. The van der Waals surface area contributed by atoms with Gasteiger partial charge in [-0.3, -0.25) is 0 Å². The second kappa shape index (κ2) is 6.43. The zero-order valence-corrected chi connectivity index (χ0v) is 11.2. The molecule has 0 bridgehead atoms. The van der Waals surface area contributed by atoms with Crippen LogP contribution in [-0.4, -0.2) is 38.5 Å². The highest BCUT2D eigenvalue weighted by Gasteiger charge is 2.24. The first-order valence-corrected chi connectivity index (χ1v) is 6.43. The van der Waals surface area contributed by atoms with E-state index in [4.69, 9.17) is 18.9 Å². The molecule has 1 saturated heterocycles. The lowest BCUT2D eigenvalue weighted by Crippen LogP contribution is -2.11. The van der Waals surface area contributed by atoms with Crippen LogP contribution in [0.5, 0.6) is 11.5 Å². The van der Waals surface area contributed by atoms with Crippen LogP contribution in [0.4, 0.5) is 0 Å². The summed E-state index contributed by atoms with van der Waals surface area (Å²) in [5.41, 5.74) is 0.383. The van der Waals surface area contributed by atoms with Gasteiger partial charge in [0.2, 0.25) is 0 Å². The number of carbonyl (C=O) groups is 1. The van der Waals surface area contributed by atoms with Crippen molar-refractivity contribution in [1.29, 1.82) is 0 Å². The van der Waals surface area contributed by atoms with Gasteiger partial charge in [-0.05, 0) is 32.0 Å². The first-order valence-electron chi connectivity index (χ1n) is 6.43. The van der Waals surface area contributed by atoms with Crippen molar-refractivity contribution in [2.45, 2.75) is 20.0 Å². The van der Waals surface area contributed by atoms with Gasteiger partial charge >= 0.3 is 5.97 Å². The number of hydrogen-bond donors (Lipinski definition) is 0. The standard InChI is InChI=1S/C14H18O5/c1-3-16-10-5-6-13(19-9-11-8-18-11)12(7-10)14(15)17-4-2/h5-7,11H,3-4,8-9H2,1-2H3. The van der Waals surface area contributed by atoms with Gasteiger partial charge in [0.25, 0.3) is 0 Å². The van der Waals surface area contributed by atoms with Crippen LogP contribution >= 0.6 is 0 Å². The van der Waals surface area contributed by atoms with Gasteiger partial charge in [-0.15, -0.1) is 0 Å². The summed E-state index contributed by atoms with van der Waals surface area (Å²) in [7, 11) is 0. The minimum atomic E-state index is -0.407. The van der Waals surface area contributed by atoms with Crippen molar-refractivity contribution in [2.75, 3.05) is 26.4 Å². The second-order valence-corrected chi connectivity index (χ2v) is 4.08. The quantitative estimate of drug-likeness (QED) is 0.558. The van der Waals surface area contributed by atoms with E-state index in [0.29, 0.717) is 43.5 Å². The van der Waals surface area contributed by atoms with Gasteiger partial charge in [0.15, 0.2) is 0 Å². The maximum Gasteiger partial charge on any atom is 0.342 e. The van der Waals surface area contributed by atoms with Crippen LogP contribution in [-0.2, 0) is 9.47 Å². The molecule has 0 amide bonds. The molecule has 5 heteroatoms. The molecular weight excluding hydrogens is 248 g/mol. The maximum atomic E-state index is 11.9. The highest BCUT2D eigenvalue weighted by Crippen LogP contribution is 2.26. The van der Waals surface area contributed by atoms with Crippen LogP contribution in [0.3, 0.4) is 0 Å². The molecule has 5 nitrogen and oxygen atoms in total. The molecule has 1 heterocycles. The molecule has 1 aromatic carbocycles. The number of hydrogen-bond acceptors (Lipinski definition) is 5. The second-order valence-electron chi connectivity index (χ2n) is 4.08. The fraction of sp³-hybridized carbons (Fsp3) is 0.500. The summed E-state index contributed by atoms with van der Waals surface area (Å²) >= 11 is 0. The summed E-state index contributed by atoms with van der Waals surface area (Å²) in [5.74, 6) is 0.716. The fourth-order valence-corrected chi connectivity index (χ4v) is 1.61. The number of benzene rings is 1. The molecule has 1 fully saturated rings. The minimum Gasteiger partial charge on any atom is -0.494 e. The zero-order valence-electron chi connectivity index (χ0n) is 11.2. The Morgan fingerprint density at radius 3 is 2.74 bits per heavy atom. The summed E-state index contributed by atoms with van der Waals surface area (Å²) in [4.78, 5) is 11.9. The van der Waals surface area contributed by atoms with Gasteiger partial charge in [-0.1, -0.05) is 0 Å². The van der Waals surface area contributed by atoms with Crippen molar-refractivity contribution in [3.8, 4) is 11.5 Å². The van der Waals surface area contributed by atoms with Crippen LogP contribution in [0.1, 0.15) is 24.2 Å². The Morgan fingerprint density at radius 2 is 2.11 bits per heavy atom. The lowest BCUT2D eigenvalue weighted by atomic mass is 10.2. The third-order valence-corrected chi connectivity index (χ3v) is 2.58. The van der Waals surface area contributed by atoms with Gasteiger partial charge in [0.05, 0.1) is 19.8 Å². The lowest BCUT2D eigenvalue weighted by Gasteiger charge is -2.12. The molecule has 0 spiro atoms. The first-order chi connectivity index (χ1) is 9.24. The van der Waals surface area contributed by atoms with Gasteiger partial charge < -0.3 is 18.9 Å². The van der Waals surface area contributed by atoms with E-state index in [1.54, 1.807) is 25.1 Å². The topological polar surface area (TPSA) is 57.3 Å². The maximum absolute atomic E-state index is 11.9. The minimum absolute atomic E-state index is 0.140. The predicted octanol–water partition coefficient (Wildman–Crippen LogP) is 2.04. The summed E-state index contributed by atoms with van der Waals surface area (Å²) in [6.07, 6.45) is 0.140. The molecule has 1 aliphatic rings. The molecule has 1 aliphatic heterocycles. The van der Waals surface area contributed by atoms with E-state index in [-0.39, 0.29) is 6.10 Å². The van der Waals surface area contributed by atoms with Crippen molar-refractivity contribution < 1.29 is 23.7 Å². The largest absolute Gasteiger partial charge is 0.494 e. The third kappa shape index (κ3) is 3.86. The first kappa shape index (κ1) is 13.7. The van der Waals surface area contributed by atoms with E-state index >= 15 is 0 Å². The van der Waals surface area contributed by atoms with Crippen molar-refractivity contribution in [2.24, 2.45) is 0 Å².